The summed E-state index contributed by atoms with van der Waals surface area (Å²) in [7, 11) is 0. The van der Waals surface area contributed by atoms with E-state index in [2.05, 4.69) is 36.5 Å². The summed E-state index contributed by atoms with van der Waals surface area (Å²) in [4.78, 5) is 0. The average Bonchev–Trinajstić information content (AvgIpc) is 2.15. The first kappa shape index (κ1) is 10.6. The van der Waals surface area contributed by atoms with Crippen LogP contribution in [0.3, 0.4) is 0 Å². The number of aryl methyl sites for hydroxylation is 1. The Morgan fingerprint density at radius 1 is 1.31 bits per heavy atom. The van der Waals surface area contributed by atoms with E-state index in [1.54, 1.807) is 0 Å². The summed E-state index contributed by atoms with van der Waals surface area (Å²) in [5, 5.41) is 3.36. The Kier molecular flexibility index (Phi) is 4.87. The Morgan fingerprint density at radius 3 is 2.77 bits per heavy atom. The van der Waals surface area contributed by atoms with Gasteiger partial charge in [0.15, 0.2) is 0 Å². The van der Waals surface area contributed by atoms with Gasteiger partial charge >= 0.3 is 0 Å². The van der Waals surface area contributed by atoms with E-state index in [-0.39, 0.29) is 0 Å². The van der Waals surface area contributed by atoms with Crippen LogP contribution in [0.15, 0.2) is 24.3 Å². The van der Waals surface area contributed by atoms with Crippen molar-refractivity contribution in [1.29, 1.82) is 0 Å². The third-order valence-corrected chi connectivity index (χ3v) is 2.33. The standard InChI is InChI=1S/C11H16ClN/c1-10-5-2-3-6-11(10)9-13-8-4-7-12/h2-3,5-6,13H,4,7-9H2,1H3. The maximum Gasteiger partial charge on any atom is 0.0235 e. The highest BCUT2D eigenvalue weighted by atomic mass is 35.5. The summed E-state index contributed by atoms with van der Waals surface area (Å²) in [5.74, 6) is 0.737. The van der Waals surface area contributed by atoms with E-state index in [9.17, 15) is 0 Å². The van der Waals surface area contributed by atoms with Crippen molar-refractivity contribution in [1.82, 2.24) is 5.32 Å². The quantitative estimate of drug-likeness (QED) is 0.566. The van der Waals surface area contributed by atoms with Crippen LogP contribution < -0.4 is 5.32 Å². The number of rotatable bonds is 5. The number of alkyl halides is 1. The van der Waals surface area contributed by atoms with Crippen molar-refractivity contribution in [3.05, 3.63) is 35.4 Å². The first-order chi connectivity index (χ1) is 6.34. The first-order valence-electron chi connectivity index (χ1n) is 4.66. The topological polar surface area (TPSA) is 12.0 Å². The molecule has 13 heavy (non-hydrogen) atoms. The van der Waals surface area contributed by atoms with Crippen LogP contribution >= 0.6 is 11.6 Å². The SMILES string of the molecule is Cc1ccccc1CNCCCCl. The molecule has 0 spiro atoms. The summed E-state index contributed by atoms with van der Waals surface area (Å²) in [6.45, 7) is 4.08. The van der Waals surface area contributed by atoms with Gasteiger partial charge < -0.3 is 5.32 Å². The Morgan fingerprint density at radius 2 is 2.08 bits per heavy atom. The van der Waals surface area contributed by atoms with Gasteiger partial charge in [-0.3, -0.25) is 0 Å². The molecule has 0 aromatic heterocycles. The van der Waals surface area contributed by atoms with Crippen LogP contribution in [0.1, 0.15) is 17.5 Å². The molecule has 1 N–H and O–H groups in total. The van der Waals surface area contributed by atoms with Gasteiger partial charge in [0.25, 0.3) is 0 Å². The fourth-order valence-electron chi connectivity index (χ4n) is 1.22. The number of hydrogen-bond acceptors (Lipinski definition) is 1. The second kappa shape index (κ2) is 6.01. The minimum atomic E-state index is 0.737. The normalized spacial score (nSPS) is 10.3. The molecule has 0 saturated carbocycles. The molecule has 1 nitrogen and oxygen atoms in total. The number of nitrogens with one attached hydrogen (secondary N) is 1. The van der Waals surface area contributed by atoms with Crippen molar-refractivity contribution >= 4 is 11.6 Å². The van der Waals surface area contributed by atoms with E-state index < -0.39 is 0 Å². The molecule has 0 fully saturated rings. The Hall–Kier alpha value is -0.530. The summed E-state index contributed by atoms with van der Waals surface area (Å²) in [5.41, 5.74) is 2.72. The number of halogens is 1. The van der Waals surface area contributed by atoms with E-state index in [1.165, 1.54) is 11.1 Å². The molecule has 0 atom stereocenters. The van der Waals surface area contributed by atoms with Crippen LogP contribution in [0.5, 0.6) is 0 Å². The van der Waals surface area contributed by atoms with Gasteiger partial charge in [0.2, 0.25) is 0 Å². The van der Waals surface area contributed by atoms with E-state index in [1.807, 2.05) is 0 Å². The molecule has 0 amide bonds. The lowest BCUT2D eigenvalue weighted by atomic mass is 10.1. The molecule has 0 saturated heterocycles. The third kappa shape index (κ3) is 3.79. The summed E-state index contributed by atoms with van der Waals surface area (Å²) in [6, 6.07) is 8.44. The van der Waals surface area contributed by atoms with Crippen LogP contribution in [0, 0.1) is 6.92 Å². The van der Waals surface area contributed by atoms with Crippen molar-refractivity contribution < 1.29 is 0 Å². The van der Waals surface area contributed by atoms with Crippen LogP contribution in [-0.4, -0.2) is 12.4 Å². The smallest absolute Gasteiger partial charge is 0.0235 e. The lowest BCUT2D eigenvalue weighted by Gasteiger charge is -2.06. The summed E-state index contributed by atoms with van der Waals surface area (Å²) < 4.78 is 0. The van der Waals surface area contributed by atoms with E-state index in [4.69, 9.17) is 11.6 Å². The van der Waals surface area contributed by atoms with Crippen molar-refractivity contribution in [2.45, 2.75) is 19.9 Å². The molecular formula is C11H16ClN. The molecule has 0 aliphatic heterocycles. The molecule has 0 aliphatic rings. The largest absolute Gasteiger partial charge is 0.313 e. The van der Waals surface area contributed by atoms with Crippen molar-refractivity contribution in [3.63, 3.8) is 0 Å². The minimum absolute atomic E-state index is 0.737. The Bertz CT molecular complexity index is 248. The van der Waals surface area contributed by atoms with Crippen LogP contribution in [0.4, 0.5) is 0 Å². The molecule has 0 aliphatic carbocycles. The average molecular weight is 198 g/mol. The van der Waals surface area contributed by atoms with Gasteiger partial charge in [0.05, 0.1) is 0 Å². The van der Waals surface area contributed by atoms with Crippen LogP contribution in [0.2, 0.25) is 0 Å². The van der Waals surface area contributed by atoms with Gasteiger partial charge in [-0.15, -0.1) is 11.6 Å². The maximum absolute atomic E-state index is 5.57. The molecule has 0 bridgehead atoms. The van der Waals surface area contributed by atoms with E-state index in [0.717, 1.165) is 25.4 Å². The van der Waals surface area contributed by atoms with Gasteiger partial charge in [-0.05, 0) is 31.0 Å². The van der Waals surface area contributed by atoms with Gasteiger partial charge in [0, 0.05) is 12.4 Å². The fraction of sp³-hybridized carbons (Fsp3) is 0.455. The highest BCUT2D eigenvalue weighted by Crippen LogP contribution is 2.05. The minimum Gasteiger partial charge on any atom is -0.313 e. The number of benzene rings is 1. The maximum atomic E-state index is 5.57. The van der Waals surface area contributed by atoms with Crippen molar-refractivity contribution in [2.75, 3.05) is 12.4 Å². The lowest BCUT2D eigenvalue weighted by molar-refractivity contribution is 0.675. The predicted octanol–water partition coefficient (Wildman–Crippen LogP) is 2.71. The van der Waals surface area contributed by atoms with Gasteiger partial charge in [-0.2, -0.15) is 0 Å². The fourth-order valence-corrected chi connectivity index (χ4v) is 1.36. The van der Waals surface area contributed by atoms with E-state index >= 15 is 0 Å². The van der Waals surface area contributed by atoms with Gasteiger partial charge in [0.1, 0.15) is 0 Å². The zero-order valence-corrected chi connectivity index (χ0v) is 8.77. The molecule has 0 heterocycles. The number of hydrogen-bond donors (Lipinski definition) is 1. The first-order valence-corrected chi connectivity index (χ1v) is 5.19. The van der Waals surface area contributed by atoms with E-state index in [0.29, 0.717) is 0 Å². The van der Waals surface area contributed by atoms with Gasteiger partial charge in [-0.1, -0.05) is 24.3 Å². The van der Waals surface area contributed by atoms with Gasteiger partial charge in [-0.25, -0.2) is 0 Å². The molecule has 0 radical (unpaired) electrons. The van der Waals surface area contributed by atoms with Crippen molar-refractivity contribution in [2.24, 2.45) is 0 Å². The Balaban J connectivity index is 2.32. The van der Waals surface area contributed by atoms with Crippen LogP contribution in [-0.2, 0) is 6.54 Å². The molecule has 1 aromatic carbocycles. The van der Waals surface area contributed by atoms with Crippen molar-refractivity contribution in [3.8, 4) is 0 Å². The second-order valence-electron chi connectivity index (χ2n) is 3.15. The second-order valence-corrected chi connectivity index (χ2v) is 3.52. The van der Waals surface area contributed by atoms with Crippen LogP contribution in [0.25, 0.3) is 0 Å². The zero-order chi connectivity index (χ0) is 9.52. The predicted molar refractivity (Wildman–Crippen MR) is 58.2 cm³/mol. The highest BCUT2D eigenvalue weighted by Gasteiger charge is 1.94. The summed E-state index contributed by atoms with van der Waals surface area (Å²) in [6.07, 6.45) is 1.04. The Labute approximate surface area is 85.1 Å². The zero-order valence-electron chi connectivity index (χ0n) is 8.02. The molecule has 0 unspecified atom stereocenters. The molecule has 72 valence electrons. The molecule has 1 rings (SSSR count). The third-order valence-electron chi connectivity index (χ3n) is 2.06. The monoisotopic (exact) mass is 197 g/mol. The lowest BCUT2D eigenvalue weighted by Crippen LogP contribution is -2.15. The molecule has 1 aromatic rings. The highest BCUT2D eigenvalue weighted by molar-refractivity contribution is 6.17. The summed E-state index contributed by atoms with van der Waals surface area (Å²) >= 11 is 5.57. The molecule has 2 heteroatoms. The molecular weight excluding hydrogens is 182 g/mol.